The molecule has 0 radical (unpaired) electrons. The standard InChI is InChI=1S/C36H52N2O20S2/c1-17(39)49-15-25-29(51-19(3)41)31(53-21(5)43)33(55-23(7)45)35(57-25)59-27(37-47)13-11-9-10-12-14-28(38-48)60-36-34(56-24(8)46)32(54-22(6)44)30(52-20(4)42)26(58-36)16-50-18(2)40/h25-26,29-36,47-48H,9-16H2,1-8H3/b37-27+,38-28+/t25-,26-,29-,30-,31+,32+,33-,34-,35+,36+/m1/s1. The molecule has 60 heavy (non-hydrogen) atoms. The van der Waals surface area contributed by atoms with Crippen molar-refractivity contribution in [3.8, 4) is 0 Å². The fraction of sp³-hybridized carbons (Fsp3) is 0.722. The molecule has 2 rings (SSSR count). The monoisotopic (exact) mass is 896 g/mol. The molecule has 10 atom stereocenters. The lowest BCUT2D eigenvalue weighted by Gasteiger charge is -2.44. The fourth-order valence-corrected chi connectivity index (χ4v) is 8.25. The van der Waals surface area contributed by atoms with E-state index < -0.39 is 121 Å². The molecule has 0 amide bonds. The zero-order chi connectivity index (χ0) is 45.1. The largest absolute Gasteiger partial charge is 0.463 e. The SMILES string of the molecule is CC(=O)OC[C@H]1O[C@@H](S/C(CCCCCC/C(=N\O)S[C@@H]2O[C@H](COC(C)=O)[C@@H](OC(C)=O)[C@H](OC(C)=O)[C@H]2OC(C)=O)=N/O)[C@H](OC(C)=O)[C@@H](OC(C)=O)[C@@H]1OC(C)=O. The zero-order valence-electron chi connectivity index (χ0n) is 34.4. The molecule has 0 spiro atoms. The van der Waals surface area contributed by atoms with Crippen LogP contribution in [0, 0.1) is 0 Å². The summed E-state index contributed by atoms with van der Waals surface area (Å²) in [5, 5.41) is 26.8. The van der Waals surface area contributed by atoms with Crippen LogP contribution in [0.3, 0.4) is 0 Å². The van der Waals surface area contributed by atoms with Crippen molar-refractivity contribution in [3.05, 3.63) is 0 Å². The zero-order valence-corrected chi connectivity index (χ0v) is 36.0. The van der Waals surface area contributed by atoms with Crippen LogP contribution in [-0.4, -0.2) is 141 Å². The van der Waals surface area contributed by atoms with Gasteiger partial charge in [0.05, 0.1) is 0 Å². The quantitative estimate of drug-likeness (QED) is 0.0358. The molecule has 2 heterocycles. The highest BCUT2D eigenvalue weighted by Gasteiger charge is 2.54. The maximum atomic E-state index is 12.2. The molecule has 24 heteroatoms. The first kappa shape index (κ1) is 51.5. The van der Waals surface area contributed by atoms with Crippen LogP contribution in [-0.2, 0) is 85.7 Å². The molecule has 0 aromatic carbocycles. The summed E-state index contributed by atoms with van der Waals surface area (Å²) in [5.41, 5.74) is -2.37. The summed E-state index contributed by atoms with van der Waals surface area (Å²) >= 11 is 1.70. The Labute approximate surface area is 353 Å². The summed E-state index contributed by atoms with van der Waals surface area (Å²) in [6.45, 7) is 8.05. The van der Waals surface area contributed by atoms with Crippen LogP contribution in [0.1, 0.15) is 93.9 Å². The van der Waals surface area contributed by atoms with Crippen molar-refractivity contribution in [2.24, 2.45) is 10.3 Å². The minimum Gasteiger partial charge on any atom is -0.463 e. The van der Waals surface area contributed by atoms with Gasteiger partial charge in [-0.05, 0) is 25.7 Å². The van der Waals surface area contributed by atoms with Gasteiger partial charge in [0.2, 0.25) is 0 Å². The number of thioether (sulfide) groups is 2. The predicted octanol–water partition coefficient (Wildman–Crippen LogP) is 2.54. The minimum atomic E-state index is -1.40. The van der Waals surface area contributed by atoms with Gasteiger partial charge in [0, 0.05) is 55.4 Å². The van der Waals surface area contributed by atoms with Gasteiger partial charge in [0.15, 0.2) is 36.6 Å². The van der Waals surface area contributed by atoms with Crippen LogP contribution in [0.25, 0.3) is 0 Å². The van der Waals surface area contributed by atoms with Gasteiger partial charge in [-0.2, -0.15) is 0 Å². The average molecular weight is 897 g/mol. The van der Waals surface area contributed by atoms with E-state index in [-0.39, 0.29) is 22.9 Å². The molecule has 0 unspecified atom stereocenters. The van der Waals surface area contributed by atoms with Crippen molar-refractivity contribution in [1.29, 1.82) is 0 Å². The Bertz CT molecular complexity index is 1480. The van der Waals surface area contributed by atoms with E-state index in [1.165, 1.54) is 0 Å². The molecule has 2 N–H and O–H groups in total. The first-order valence-electron chi connectivity index (χ1n) is 18.6. The van der Waals surface area contributed by atoms with Gasteiger partial charge in [-0.1, -0.05) is 46.7 Å². The number of hydrogen-bond acceptors (Lipinski definition) is 24. The highest BCUT2D eigenvalue weighted by Crippen LogP contribution is 2.37. The van der Waals surface area contributed by atoms with Crippen LogP contribution in [0.15, 0.2) is 10.3 Å². The van der Waals surface area contributed by atoms with Gasteiger partial charge >= 0.3 is 47.8 Å². The Balaban J connectivity index is 2.14. The predicted molar refractivity (Wildman–Crippen MR) is 205 cm³/mol. The third-order valence-electron chi connectivity index (χ3n) is 8.16. The second-order valence-electron chi connectivity index (χ2n) is 13.3. The summed E-state index contributed by atoms with van der Waals surface area (Å²) in [4.78, 5) is 95.9. The summed E-state index contributed by atoms with van der Waals surface area (Å²) < 4.78 is 54.9. The highest BCUT2D eigenvalue weighted by atomic mass is 32.2. The number of oxime groups is 2. The van der Waals surface area contributed by atoms with E-state index in [1.807, 2.05) is 0 Å². The Morgan fingerprint density at radius 2 is 0.717 bits per heavy atom. The number of rotatable bonds is 19. The molecule has 2 aliphatic rings. The van der Waals surface area contributed by atoms with E-state index >= 15 is 0 Å². The molecule has 338 valence electrons. The van der Waals surface area contributed by atoms with Crippen molar-refractivity contribution < 1.29 is 96.1 Å². The molecule has 22 nitrogen and oxygen atoms in total. The summed E-state index contributed by atoms with van der Waals surface area (Å²) in [7, 11) is 0. The second kappa shape index (κ2) is 25.8. The maximum Gasteiger partial charge on any atom is 0.303 e. The first-order valence-corrected chi connectivity index (χ1v) is 20.4. The number of nitrogens with zero attached hydrogens (tertiary/aromatic N) is 2. The minimum absolute atomic E-state index is 0.132. The van der Waals surface area contributed by atoms with Crippen LogP contribution >= 0.6 is 23.5 Å². The van der Waals surface area contributed by atoms with E-state index in [0.717, 1.165) is 78.9 Å². The lowest BCUT2D eigenvalue weighted by Crippen LogP contribution is -2.61. The normalized spacial score (nSPS) is 26.7. The average Bonchev–Trinajstić information content (AvgIpc) is 3.13. The number of esters is 8. The number of unbranched alkanes of at least 4 members (excludes halogenated alkanes) is 3. The molecule has 0 bridgehead atoms. The molecule has 2 fully saturated rings. The van der Waals surface area contributed by atoms with Crippen LogP contribution in [0.4, 0.5) is 0 Å². The smallest absolute Gasteiger partial charge is 0.303 e. The van der Waals surface area contributed by atoms with Crippen molar-refractivity contribution in [3.63, 3.8) is 0 Å². The number of carbonyl (C=O) groups is 8. The van der Waals surface area contributed by atoms with Gasteiger partial charge in [0.1, 0.15) is 46.4 Å². The molecule has 0 saturated carbocycles. The van der Waals surface area contributed by atoms with Gasteiger partial charge in [-0.3, -0.25) is 38.4 Å². The van der Waals surface area contributed by atoms with E-state index in [0.29, 0.717) is 25.7 Å². The molecule has 0 aliphatic carbocycles. The molecule has 2 aliphatic heterocycles. The molecular formula is C36H52N2O20S2. The van der Waals surface area contributed by atoms with Gasteiger partial charge in [0.25, 0.3) is 0 Å². The maximum absolute atomic E-state index is 12.2. The van der Waals surface area contributed by atoms with E-state index in [4.69, 9.17) is 47.4 Å². The van der Waals surface area contributed by atoms with Gasteiger partial charge < -0.3 is 57.8 Å². The lowest BCUT2D eigenvalue weighted by molar-refractivity contribution is -0.237. The second-order valence-corrected chi connectivity index (χ2v) is 15.6. The van der Waals surface area contributed by atoms with Crippen LogP contribution < -0.4 is 0 Å². The third kappa shape index (κ3) is 17.9. The topological polar surface area (TPSA) is 294 Å². The summed E-state index contributed by atoms with van der Waals surface area (Å²) in [6, 6.07) is 0. The Morgan fingerprint density at radius 3 is 0.983 bits per heavy atom. The fourth-order valence-electron chi connectivity index (χ4n) is 6.01. The van der Waals surface area contributed by atoms with Gasteiger partial charge in [-0.15, -0.1) is 0 Å². The number of carbonyl (C=O) groups excluding carboxylic acids is 8. The van der Waals surface area contributed by atoms with Crippen molar-refractivity contribution >= 4 is 81.4 Å². The van der Waals surface area contributed by atoms with E-state index in [1.54, 1.807) is 0 Å². The van der Waals surface area contributed by atoms with Crippen LogP contribution in [0.2, 0.25) is 0 Å². The molecule has 2 saturated heterocycles. The number of hydrogen-bond donors (Lipinski definition) is 2. The van der Waals surface area contributed by atoms with Gasteiger partial charge in [-0.25, -0.2) is 0 Å². The highest BCUT2D eigenvalue weighted by molar-refractivity contribution is 8.14. The lowest BCUT2D eigenvalue weighted by atomic mass is 9.99. The first-order chi connectivity index (χ1) is 28.2. The summed E-state index contributed by atoms with van der Waals surface area (Å²) in [5.74, 6) is -6.08. The van der Waals surface area contributed by atoms with Crippen molar-refractivity contribution in [1.82, 2.24) is 0 Å². The van der Waals surface area contributed by atoms with Crippen molar-refractivity contribution in [2.45, 2.75) is 154 Å². The Morgan fingerprint density at radius 1 is 0.433 bits per heavy atom. The molecule has 0 aromatic rings. The molecule has 0 aromatic heterocycles. The molecular weight excluding hydrogens is 845 g/mol. The Hall–Kier alpha value is -4.68. The van der Waals surface area contributed by atoms with E-state index in [2.05, 4.69) is 10.3 Å². The van der Waals surface area contributed by atoms with Crippen molar-refractivity contribution in [2.75, 3.05) is 13.2 Å². The number of ether oxygens (including phenoxy) is 10. The summed E-state index contributed by atoms with van der Waals surface area (Å²) in [6.07, 6.45) is -8.17. The Kier molecular flexibility index (Phi) is 22.2. The van der Waals surface area contributed by atoms with E-state index in [9.17, 15) is 48.8 Å². The van der Waals surface area contributed by atoms with Crippen LogP contribution in [0.5, 0.6) is 0 Å². The third-order valence-corrected chi connectivity index (χ3v) is 10.5.